The highest BCUT2D eigenvalue weighted by Gasteiger charge is 2.01. The summed E-state index contributed by atoms with van der Waals surface area (Å²) in [5.74, 6) is 0.780. The Morgan fingerprint density at radius 2 is 2.18 bits per heavy atom. The van der Waals surface area contributed by atoms with Crippen molar-refractivity contribution in [2.45, 2.75) is 59.9 Å². The van der Waals surface area contributed by atoms with Crippen LogP contribution in [0.4, 0.5) is 0 Å². The number of hydrogen-bond donors (Lipinski definition) is 0. The van der Waals surface area contributed by atoms with E-state index >= 15 is 0 Å². The number of hydrogen-bond acceptors (Lipinski definition) is 2. The normalized spacial score (nSPS) is 10.9. The summed E-state index contributed by atoms with van der Waals surface area (Å²) in [5.41, 5.74) is 2.49. The molecule has 0 radical (unpaired) electrons. The van der Waals surface area contributed by atoms with E-state index in [1.807, 2.05) is 4.68 Å². The van der Waals surface area contributed by atoms with Crippen molar-refractivity contribution in [2.24, 2.45) is 5.92 Å². The van der Waals surface area contributed by atoms with E-state index in [4.69, 9.17) is 0 Å². The van der Waals surface area contributed by atoms with Gasteiger partial charge in [-0.1, -0.05) is 37.1 Å². The van der Waals surface area contributed by atoms with Crippen LogP contribution in [0.15, 0.2) is 17.8 Å². The molecule has 0 aliphatic heterocycles. The molecule has 0 saturated carbocycles. The smallest absolute Gasteiger partial charge is 0.0827 e. The summed E-state index contributed by atoms with van der Waals surface area (Å²) in [7, 11) is 0. The molecule has 1 rings (SSSR count). The first-order valence-electron chi connectivity index (χ1n) is 6.60. The lowest BCUT2D eigenvalue weighted by atomic mass is 10.1. The van der Waals surface area contributed by atoms with Crippen LogP contribution in [0.1, 0.15) is 52.7 Å². The molecule has 1 heterocycles. The van der Waals surface area contributed by atoms with Gasteiger partial charge in [0, 0.05) is 12.7 Å². The third-order valence-corrected chi connectivity index (χ3v) is 2.71. The third-order valence-electron chi connectivity index (χ3n) is 2.71. The monoisotopic (exact) mass is 235 g/mol. The van der Waals surface area contributed by atoms with Crippen molar-refractivity contribution in [3.05, 3.63) is 23.5 Å². The SMILES string of the molecule is CC(C)=CCCn1cc(CCCC(C)C)nn1. The zero-order chi connectivity index (χ0) is 12.7. The van der Waals surface area contributed by atoms with Gasteiger partial charge in [-0.2, -0.15) is 0 Å². The molecule has 3 nitrogen and oxygen atoms in total. The van der Waals surface area contributed by atoms with E-state index in [0.29, 0.717) is 0 Å². The van der Waals surface area contributed by atoms with E-state index in [9.17, 15) is 0 Å². The first-order chi connectivity index (χ1) is 8.08. The van der Waals surface area contributed by atoms with Crippen molar-refractivity contribution >= 4 is 0 Å². The molecule has 96 valence electrons. The average Bonchev–Trinajstić information content (AvgIpc) is 2.65. The second-order valence-corrected chi connectivity index (χ2v) is 5.33. The van der Waals surface area contributed by atoms with Crippen LogP contribution in [0, 0.1) is 5.92 Å². The molecule has 0 bridgehead atoms. The van der Waals surface area contributed by atoms with E-state index in [2.05, 4.69) is 50.3 Å². The first kappa shape index (κ1) is 13.9. The van der Waals surface area contributed by atoms with Gasteiger partial charge in [0.25, 0.3) is 0 Å². The quantitative estimate of drug-likeness (QED) is 0.676. The van der Waals surface area contributed by atoms with Crippen LogP contribution in [0.5, 0.6) is 0 Å². The Morgan fingerprint density at radius 1 is 1.41 bits per heavy atom. The predicted octanol–water partition coefficient (Wildman–Crippen LogP) is 3.61. The van der Waals surface area contributed by atoms with Crippen LogP contribution >= 0.6 is 0 Å². The number of nitrogens with zero attached hydrogens (tertiary/aromatic N) is 3. The molecular weight excluding hydrogens is 210 g/mol. The Hall–Kier alpha value is -1.12. The van der Waals surface area contributed by atoms with E-state index in [1.54, 1.807) is 0 Å². The van der Waals surface area contributed by atoms with Gasteiger partial charge in [0.05, 0.1) is 5.69 Å². The summed E-state index contributed by atoms with van der Waals surface area (Å²) in [6.07, 6.45) is 8.90. The lowest BCUT2D eigenvalue weighted by Gasteiger charge is -2.01. The highest BCUT2D eigenvalue weighted by atomic mass is 15.4. The van der Waals surface area contributed by atoms with Crippen molar-refractivity contribution in [3.63, 3.8) is 0 Å². The molecule has 0 aliphatic carbocycles. The largest absolute Gasteiger partial charge is 0.252 e. The summed E-state index contributed by atoms with van der Waals surface area (Å²) in [6, 6.07) is 0. The third kappa shape index (κ3) is 6.25. The standard InChI is InChI=1S/C14H25N3/c1-12(2)7-5-9-14-11-17(16-15-14)10-6-8-13(3)4/h8,11-12H,5-7,9-10H2,1-4H3. The minimum atomic E-state index is 0.780. The Bertz CT molecular complexity index is 346. The van der Waals surface area contributed by atoms with Gasteiger partial charge in [-0.05, 0) is 39.0 Å². The van der Waals surface area contributed by atoms with Gasteiger partial charge in [-0.15, -0.1) is 5.10 Å². The summed E-state index contributed by atoms with van der Waals surface area (Å²) < 4.78 is 1.95. The van der Waals surface area contributed by atoms with Crippen LogP contribution in [0.25, 0.3) is 0 Å². The predicted molar refractivity (Wildman–Crippen MR) is 71.8 cm³/mol. The van der Waals surface area contributed by atoms with Gasteiger partial charge in [-0.25, -0.2) is 0 Å². The van der Waals surface area contributed by atoms with E-state index < -0.39 is 0 Å². The van der Waals surface area contributed by atoms with Gasteiger partial charge >= 0.3 is 0 Å². The summed E-state index contributed by atoms with van der Waals surface area (Å²) >= 11 is 0. The molecule has 1 aromatic heterocycles. The second kappa shape index (κ2) is 7.25. The molecule has 0 atom stereocenters. The maximum atomic E-state index is 4.20. The van der Waals surface area contributed by atoms with Crippen molar-refractivity contribution in [1.82, 2.24) is 15.0 Å². The van der Waals surface area contributed by atoms with Crippen LogP contribution in [0.3, 0.4) is 0 Å². The fourth-order valence-electron chi connectivity index (χ4n) is 1.74. The molecular formula is C14H25N3. The van der Waals surface area contributed by atoms with Crippen molar-refractivity contribution in [3.8, 4) is 0 Å². The van der Waals surface area contributed by atoms with E-state index in [1.165, 1.54) is 18.4 Å². The zero-order valence-electron chi connectivity index (χ0n) is 11.6. The van der Waals surface area contributed by atoms with E-state index in [0.717, 1.165) is 31.0 Å². The lowest BCUT2D eigenvalue weighted by molar-refractivity contribution is 0.552. The lowest BCUT2D eigenvalue weighted by Crippen LogP contribution is -1.97. The minimum absolute atomic E-state index is 0.780. The van der Waals surface area contributed by atoms with Crippen LogP contribution in [0.2, 0.25) is 0 Å². The Balaban J connectivity index is 2.30. The number of allylic oxidation sites excluding steroid dienone is 2. The molecule has 3 heteroatoms. The molecule has 17 heavy (non-hydrogen) atoms. The number of aryl methyl sites for hydroxylation is 2. The molecule has 0 unspecified atom stereocenters. The number of rotatable bonds is 7. The second-order valence-electron chi connectivity index (χ2n) is 5.33. The van der Waals surface area contributed by atoms with Crippen LogP contribution in [-0.2, 0) is 13.0 Å². The maximum absolute atomic E-state index is 4.20. The first-order valence-corrected chi connectivity index (χ1v) is 6.60. The van der Waals surface area contributed by atoms with Crippen LogP contribution < -0.4 is 0 Å². The van der Waals surface area contributed by atoms with Gasteiger partial charge in [0.2, 0.25) is 0 Å². The van der Waals surface area contributed by atoms with Crippen molar-refractivity contribution in [2.75, 3.05) is 0 Å². The molecule has 0 saturated heterocycles. The molecule has 0 N–H and O–H groups in total. The Morgan fingerprint density at radius 3 is 2.82 bits per heavy atom. The minimum Gasteiger partial charge on any atom is -0.252 e. The molecule has 0 aromatic carbocycles. The van der Waals surface area contributed by atoms with Crippen molar-refractivity contribution < 1.29 is 0 Å². The van der Waals surface area contributed by atoms with Gasteiger partial charge in [0.1, 0.15) is 0 Å². The summed E-state index contributed by atoms with van der Waals surface area (Å²) in [5, 5.41) is 8.35. The van der Waals surface area contributed by atoms with Crippen LogP contribution in [-0.4, -0.2) is 15.0 Å². The number of aromatic nitrogens is 3. The van der Waals surface area contributed by atoms with Gasteiger partial charge in [0.15, 0.2) is 0 Å². The van der Waals surface area contributed by atoms with E-state index in [-0.39, 0.29) is 0 Å². The fraction of sp³-hybridized carbons (Fsp3) is 0.714. The summed E-state index contributed by atoms with van der Waals surface area (Å²) in [6.45, 7) is 9.70. The summed E-state index contributed by atoms with van der Waals surface area (Å²) in [4.78, 5) is 0. The maximum Gasteiger partial charge on any atom is 0.0827 e. The average molecular weight is 235 g/mol. The highest BCUT2D eigenvalue weighted by Crippen LogP contribution is 2.08. The molecule has 0 fully saturated rings. The van der Waals surface area contributed by atoms with Gasteiger partial charge < -0.3 is 0 Å². The van der Waals surface area contributed by atoms with Gasteiger partial charge in [-0.3, -0.25) is 4.68 Å². The zero-order valence-corrected chi connectivity index (χ0v) is 11.6. The molecule has 0 spiro atoms. The topological polar surface area (TPSA) is 30.7 Å². The molecule has 0 aliphatic rings. The van der Waals surface area contributed by atoms with Crippen molar-refractivity contribution in [1.29, 1.82) is 0 Å². The highest BCUT2D eigenvalue weighted by molar-refractivity contribution is 4.95. The Labute approximate surface area is 105 Å². The fourth-order valence-corrected chi connectivity index (χ4v) is 1.74. The molecule has 1 aromatic rings. The molecule has 0 amide bonds. The Kier molecular flexibility index (Phi) is 5.95.